The smallest absolute Gasteiger partial charge is 0.416 e. The number of halogens is 3. The van der Waals surface area contributed by atoms with Gasteiger partial charge in [-0.15, -0.1) is 11.3 Å². The lowest BCUT2D eigenvalue weighted by atomic mass is 10.0. The van der Waals surface area contributed by atoms with E-state index in [-0.39, 0.29) is 0 Å². The molecule has 4 rings (SSSR count). The molecule has 4 nitrogen and oxygen atoms in total. The van der Waals surface area contributed by atoms with Crippen LogP contribution in [0, 0.1) is 6.92 Å². The molecule has 0 radical (unpaired) electrons. The van der Waals surface area contributed by atoms with Crippen LogP contribution in [-0.4, -0.2) is 16.7 Å². The maximum atomic E-state index is 12.9. The van der Waals surface area contributed by atoms with Gasteiger partial charge in [0.1, 0.15) is 17.6 Å². The van der Waals surface area contributed by atoms with Gasteiger partial charge in [-0.25, -0.2) is 4.79 Å². The Labute approximate surface area is 216 Å². The van der Waals surface area contributed by atoms with Gasteiger partial charge in [-0.1, -0.05) is 42.5 Å². The summed E-state index contributed by atoms with van der Waals surface area (Å²) >= 11 is 1.43. The highest BCUT2D eigenvalue weighted by molar-refractivity contribution is 7.13. The van der Waals surface area contributed by atoms with E-state index in [2.05, 4.69) is 0 Å². The standard InChI is InChI=1S/C29H25F3O4S/c1-18-15-23(13-14-24(18)36-28(2,3)27(33)34)35-26(20-7-5-4-6-8-20)21-16-25(37-17-21)19-9-11-22(12-10-19)29(30,31)32/h4-17,26H,1-3H3,(H,33,34). The molecule has 1 heterocycles. The average Bonchev–Trinajstić information content (AvgIpc) is 3.34. The predicted octanol–water partition coefficient (Wildman–Crippen LogP) is 8.15. The van der Waals surface area contributed by atoms with Crippen LogP contribution in [0.4, 0.5) is 13.2 Å². The van der Waals surface area contributed by atoms with Crippen molar-refractivity contribution in [3.63, 3.8) is 0 Å². The Morgan fingerprint density at radius 3 is 2.19 bits per heavy atom. The lowest BCUT2D eigenvalue weighted by molar-refractivity contribution is -0.152. The van der Waals surface area contributed by atoms with Crippen LogP contribution in [0.2, 0.25) is 0 Å². The molecule has 1 unspecified atom stereocenters. The molecule has 0 fully saturated rings. The number of ether oxygens (including phenoxy) is 2. The number of thiophene rings is 1. The minimum Gasteiger partial charge on any atom is -0.481 e. The van der Waals surface area contributed by atoms with Crippen molar-refractivity contribution < 1.29 is 32.5 Å². The van der Waals surface area contributed by atoms with Gasteiger partial charge >= 0.3 is 12.1 Å². The number of alkyl halides is 3. The van der Waals surface area contributed by atoms with Crippen molar-refractivity contribution in [1.82, 2.24) is 0 Å². The van der Waals surface area contributed by atoms with Crippen molar-refractivity contribution in [2.75, 3.05) is 0 Å². The van der Waals surface area contributed by atoms with Crippen LogP contribution < -0.4 is 9.47 Å². The summed E-state index contributed by atoms with van der Waals surface area (Å²) < 4.78 is 50.9. The number of carboxylic acid groups (broad SMARTS) is 1. The van der Waals surface area contributed by atoms with Crippen LogP contribution in [0.25, 0.3) is 10.4 Å². The van der Waals surface area contributed by atoms with Gasteiger partial charge in [0.05, 0.1) is 5.56 Å². The molecular weight excluding hydrogens is 501 g/mol. The van der Waals surface area contributed by atoms with Crippen molar-refractivity contribution in [3.8, 4) is 21.9 Å². The van der Waals surface area contributed by atoms with E-state index in [4.69, 9.17) is 9.47 Å². The molecule has 192 valence electrons. The first kappa shape index (κ1) is 26.3. The lowest BCUT2D eigenvalue weighted by Gasteiger charge is -2.24. The number of rotatable bonds is 8. The van der Waals surface area contributed by atoms with Crippen LogP contribution in [-0.2, 0) is 11.0 Å². The highest BCUT2D eigenvalue weighted by atomic mass is 32.1. The van der Waals surface area contributed by atoms with Crippen molar-refractivity contribution in [2.45, 2.75) is 38.7 Å². The Bertz CT molecular complexity index is 1380. The Morgan fingerprint density at radius 1 is 0.919 bits per heavy atom. The van der Waals surface area contributed by atoms with Crippen LogP contribution in [0.3, 0.4) is 0 Å². The first-order chi connectivity index (χ1) is 17.4. The van der Waals surface area contributed by atoms with E-state index in [1.54, 1.807) is 18.2 Å². The average molecular weight is 527 g/mol. The summed E-state index contributed by atoms with van der Waals surface area (Å²) in [6, 6.07) is 21.8. The van der Waals surface area contributed by atoms with Crippen LogP contribution in [0.5, 0.6) is 11.5 Å². The summed E-state index contributed by atoms with van der Waals surface area (Å²) in [4.78, 5) is 12.3. The second-order valence-corrected chi connectivity index (χ2v) is 9.98. The SMILES string of the molecule is Cc1cc(OC(c2ccccc2)c2csc(-c3ccc(C(F)(F)F)cc3)c2)ccc1OC(C)(C)C(=O)O. The second kappa shape index (κ2) is 10.3. The third-order valence-corrected chi connectivity index (χ3v) is 6.80. The van der Waals surface area contributed by atoms with Gasteiger partial charge in [-0.3, -0.25) is 0 Å². The minimum atomic E-state index is -4.38. The van der Waals surface area contributed by atoms with Gasteiger partial charge in [-0.05, 0) is 79.2 Å². The number of carbonyl (C=O) groups is 1. The Hall–Kier alpha value is -3.78. The summed E-state index contributed by atoms with van der Waals surface area (Å²) in [5.74, 6) is -0.0667. The maximum absolute atomic E-state index is 12.9. The molecule has 3 aromatic carbocycles. The fourth-order valence-electron chi connectivity index (χ4n) is 3.68. The molecule has 4 aromatic rings. The topological polar surface area (TPSA) is 55.8 Å². The molecule has 1 aromatic heterocycles. The zero-order chi connectivity index (χ0) is 26.8. The van der Waals surface area contributed by atoms with E-state index in [0.717, 1.165) is 33.7 Å². The molecule has 0 saturated heterocycles. The highest BCUT2D eigenvalue weighted by Gasteiger charge is 2.31. The number of hydrogen-bond acceptors (Lipinski definition) is 4. The summed E-state index contributed by atoms with van der Waals surface area (Å²) in [6.07, 6.45) is -4.85. The van der Waals surface area contributed by atoms with Crippen molar-refractivity contribution in [3.05, 3.63) is 106 Å². The first-order valence-corrected chi connectivity index (χ1v) is 12.3. The molecule has 0 aliphatic rings. The lowest BCUT2D eigenvalue weighted by Crippen LogP contribution is -2.38. The largest absolute Gasteiger partial charge is 0.481 e. The summed E-state index contributed by atoms with van der Waals surface area (Å²) in [6.45, 7) is 4.77. The fourth-order valence-corrected chi connectivity index (χ4v) is 4.61. The molecule has 37 heavy (non-hydrogen) atoms. The van der Waals surface area contributed by atoms with Gasteiger partial charge < -0.3 is 14.6 Å². The molecular formula is C29H25F3O4S. The van der Waals surface area contributed by atoms with Gasteiger partial charge in [0, 0.05) is 10.4 Å². The van der Waals surface area contributed by atoms with Crippen molar-refractivity contribution in [2.24, 2.45) is 0 Å². The Balaban J connectivity index is 1.62. The molecule has 0 spiro atoms. The number of carboxylic acids is 1. The number of hydrogen-bond donors (Lipinski definition) is 1. The molecule has 8 heteroatoms. The highest BCUT2D eigenvalue weighted by Crippen LogP contribution is 2.37. The molecule has 0 aliphatic carbocycles. The second-order valence-electron chi connectivity index (χ2n) is 9.07. The Morgan fingerprint density at radius 2 is 1.59 bits per heavy atom. The number of benzene rings is 3. The molecule has 1 atom stereocenters. The van der Waals surface area contributed by atoms with Crippen LogP contribution in [0.1, 0.15) is 42.2 Å². The summed E-state index contributed by atoms with van der Waals surface area (Å²) in [5.41, 5.74) is 1.10. The maximum Gasteiger partial charge on any atom is 0.416 e. The molecule has 0 amide bonds. The third kappa shape index (κ3) is 6.14. The van der Waals surface area contributed by atoms with Gasteiger partial charge in [0.2, 0.25) is 0 Å². The van der Waals surface area contributed by atoms with E-state index in [9.17, 15) is 23.1 Å². The first-order valence-electron chi connectivity index (χ1n) is 11.4. The molecule has 0 saturated carbocycles. The van der Waals surface area contributed by atoms with Gasteiger partial charge in [0.25, 0.3) is 0 Å². The van der Waals surface area contributed by atoms with E-state index in [0.29, 0.717) is 17.1 Å². The monoisotopic (exact) mass is 526 g/mol. The molecule has 0 aliphatic heterocycles. The zero-order valence-electron chi connectivity index (χ0n) is 20.4. The summed E-state index contributed by atoms with van der Waals surface area (Å²) in [5, 5.41) is 11.3. The third-order valence-electron chi connectivity index (χ3n) is 5.80. The Kier molecular flexibility index (Phi) is 7.32. The quantitative estimate of drug-likeness (QED) is 0.252. The van der Waals surface area contributed by atoms with Crippen LogP contribution in [0.15, 0.2) is 84.2 Å². The van der Waals surface area contributed by atoms with Crippen LogP contribution >= 0.6 is 11.3 Å². The normalized spacial score (nSPS) is 12.7. The van der Waals surface area contributed by atoms with Gasteiger partial charge in [0.15, 0.2) is 5.60 Å². The molecule has 1 N–H and O–H groups in total. The van der Waals surface area contributed by atoms with E-state index in [1.165, 1.54) is 37.3 Å². The van der Waals surface area contributed by atoms with E-state index in [1.807, 2.05) is 48.7 Å². The van der Waals surface area contributed by atoms with E-state index >= 15 is 0 Å². The molecule has 0 bridgehead atoms. The van der Waals surface area contributed by atoms with E-state index < -0.39 is 29.4 Å². The summed E-state index contributed by atoms with van der Waals surface area (Å²) in [7, 11) is 0. The minimum absolute atomic E-state index is 0.441. The van der Waals surface area contributed by atoms with Crippen molar-refractivity contribution >= 4 is 17.3 Å². The predicted molar refractivity (Wildman–Crippen MR) is 137 cm³/mol. The number of aryl methyl sites for hydroxylation is 1. The number of aliphatic carboxylic acids is 1. The zero-order valence-corrected chi connectivity index (χ0v) is 21.2. The van der Waals surface area contributed by atoms with Gasteiger partial charge in [-0.2, -0.15) is 13.2 Å². The fraction of sp³-hybridized carbons (Fsp3) is 0.207. The van der Waals surface area contributed by atoms with Crippen molar-refractivity contribution in [1.29, 1.82) is 0 Å².